The number of likely N-dealkylation sites (tertiary alicyclic amines) is 1. The van der Waals surface area contributed by atoms with Gasteiger partial charge in [0.05, 0.1) is 24.8 Å². The van der Waals surface area contributed by atoms with Crippen LogP contribution in [0.1, 0.15) is 76.5 Å². The third-order valence-electron chi connectivity index (χ3n) is 6.17. The lowest BCUT2D eigenvalue weighted by Crippen LogP contribution is -2.30. The molecule has 1 N–H and O–H groups in total. The van der Waals surface area contributed by atoms with Crippen molar-refractivity contribution < 1.29 is 24.2 Å². The van der Waals surface area contributed by atoms with E-state index in [2.05, 4.69) is 13.8 Å². The Labute approximate surface area is 208 Å². The predicted molar refractivity (Wildman–Crippen MR) is 138 cm³/mol. The molecular formula is C29H37NO5. The number of amides is 1. The molecule has 0 bridgehead atoms. The van der Waals surface area contributed by atoms with Gasteiger partial charge in [-0.1, -0.05) is 51.7 Å². The number of hydrogen-bond donors (Lipinski definition) is 1. The Balaban J connectivity index is 1.97. The monoisotopic (exact) mass is 479 g/mol. The van der Waals surface area contributed by atoms with E-state index in [0.29, 0.717) is 36.8 Å². The Morgan fingerprint density at radius 3 is 2.29 bits per heavy atom. The molecule has 0 saturated carbocycles. The molecule has 1 aliphatic heterocycles. The number of rotatable bonds is 13. The summed E-state index contributed by atoms with van der Waals surface area (Å²) in [5, 5.41) is 11.2. The second-order valence-electron chi connectivity index (χ2n) is 8.79. The summed E-state index contributed by atoms with van der Waals surface area (Å²) in [6.45, 7) is 7.73. The van der Waals surface area contributed by atoms with Gasteiger partial charge in [0.1, 0.15) is 17.3 Å². The van der Waals surface area contributed by atoms with Crippen molar-refractivity contribution >= 4 is 17.4 Å². The van der Waals surface area contributed by atoms with Crippen LogP contribution in [0.2, 0.25) is 0 Å². The molecule has 1 atom stereocenters. The van der Waals surface area contributed by atoms with Gasteiger partial charge < -0.3 is 19.5 Å². The minimum absolute atomic E-state index is 0.108. The first-order valence-corrected chi connectivity index (χ1v) is 12.8. The fraction of sp³-hybridized carbons (Fsp3) is 0.448. The molecule has 6 heteroatoms. The Morgan fingerprint density at radius 2 is 1.60 bits per heavy atom. The number of ketones is 1. The molecule has 6 nitrogen and oxygen atoms in total. The summed E-state index contributed by atoms with van der Waals surface area (Å²) in [5.74, 6) is -0.0471. The van der Waals surface area contributed by atoms with E-state index in [-0.39, 0.29) is 11.3 Å². The lowest BCUT2D eigenvalue weighted by atomic mass is 9.95. The van der Waals surface area contributed by atoms with Crippen molar-refractivity contribution in [2.75, 3.05) is 19.8 Å². The highest BCUT2D eigenvalue weighted by Gasteiger charge is 2.45. The topological polar surface area (TPSA) is 76.1 Å². The highest BCUT2D eigenvalue weighted by Crippen LogP contribution is 2.40. The molecule has 1 fully saturated rings. The normalized spacial score (nSPS) is 17.1. The molecule has 2 aromatic carbocycles. The molecule has 3 rings (SSSR count). The largest absolute Gasteiger partial charge is 0.507 e. The van der Waals surface area contributed by atoms with Crippen LogP contribution in [0.5, 0.6) is 11.5 Å². The van der Waals surface area contributed by atoms with E-state index in [0.717, 1.165) is 44.1 Å². The molecule has 35 heavy (non-hydrogen) atoms. The van der Waals surface area contributed by atoms with Gasteiger partial charge in [0.2, 0.25) is 0 Å². The molecule has 1 heterocycles. The summed E-state index contributed by atoms with van der Waals surface area (Å²) in [4.78, 5) is 27.8. The maximum Gasteiger partial charge on any atom is 0.295 e. The SMILES string of the molecule is CCCCCOc1ccc(/C(O)=C2/C(=O)C(=O)N(CCCCC)C2c2cccc(OCC)c2)cc1. The predicted octanol–water partition coefficient (Wildman–Crippen LogP) is 6.27. The van der Waals surface area contributed by atoms with Crippen molar-refractivity contribution in [2.24, 2.45) is 0 Å². The Kier molecular flexibility index (Phi) is 9.76. The number of hydrogen-bond acceptors (Lipinski definition) is 5. The number of Topliss-reactive ketones (excluding diaryl/α,β-unsaturated/α-hetero) is 1. The standard InChI is InChI=1S/C29H37NO5/c1-4-7-9-18-30-26(22-12-11-13-24(20-22)34-6-3)25(28(32)29(30)33)27(31)21-14-16-23(17-15-21)35-19-10-8-5-2/h11-17,20,26,31H,4-10,18-19H2,1-3H3/b27-25-. The average molecular weight is 480 g/mol. The lowest BCUT2D eigenvalue weighted by molar-refractivity contribution is -0.139. The number of aliphatic hydroxyl groups excluding tert-OH is 1. The molecule has 1 aliphatic rings. The van der Waals surface area contributed by atoms with Gasteiger partial charge in [-0.15, -0.1) is 0 Å². The summed E-state index contributed by atoms with van der Waals surface area (Å²) in [7, 11) is 0. The Hall–Kier alpha value is -3.28. The van der Waals surface area contributed by atoms with Gasteiger partial charge in [0, 0.05) is 12.1 Å². The van der Waals surface area contributed by atoms with Crippen LogP contribution in [-0.2, 0) is 9.59 Å². The molecule has 0 aromatic heterocycles. The number of aliphatic hydroxyl groups is 1. The summed E-state index contributed by atoms with van der Waals surface area (Å²) in [5.41, 5.74) is 1.32. The van der Waals surface area contributed by atoms with Crippen molar-refractivity contribution in [1.29, 1.82) is 0 Å². The van der Waals surface area contributed by atoms with Crippen LogP contribution in [0, 0.1) is 0 Å². The van der Waals surface area contributed by atoms with Gasteiger partial charge in [-0.3, -0.25) is 9.59 Å². The van der Waals surface area contributed by atoms with Crippen LogP contribution in [-0.4, -0.2) is 41.5 Å². The summed E-state index contributed by atoms with van der Waals surface area (Å²) in [6, 6.07) is 13.7. The fourth-order valence-electron chi connectivity index (χ4n) is 4.34. The molecule has 1 unspecified atom stereocenters. The summed E-state index contributed by atoms with van der Waals surface area (Å²) in [6.07, 6.45) is 5.97. The second kappa shape index (κ2) is 13.0. The Bertz CT molecular complexity index is 1030. The zero-order chi connectivity index (χ0) is 25.2. The van der Waals surface area contributed by atoms with Crippen molar-refractivity contribution in [3.8, 4) is 11.5 Å². The van der Waals surface area contributed by atoms with E-state index in [1.165, 1.54) is 0 Å². The molecular weight excluding hydrogens is 442 g/mol. The maximum atomic E-state index is 13.2. The van der Waals surface area contributed by atoms with Crippen molar-refractivity contribution in [2.45, 2.75) is 65.3 Å². The van der Waals surface area contributed by atoms with Crippen molar-refractivity contribution in [3.05, 3.63) is 65.2 Å². The van der Waals surface area contributed by atoms with Gasteiger partial charge in [-0.25, -0.2) is 0 Å². The second-order valence-corrected chi connectivity index (χ2v) is 8.79. The highest BCUT2D eigenvalue weighted by molar-refractivity contribution is 6.46. The molecule has 0 radical (unpaired) electrons. The minimum Gasteiger partial charge on any atom is -0.507 e. The van der Waals surface area contributed by atoms with E-state index in [1.807, 2.05) is 31.2 Å². The van der Waals surface area contributed by atoms with Gasteiger partial charge in [-0.05, 0) is 61.7 Å². The highest BCUT2D eigenvalue weighted by atomic mass is 16.5. The van der Waals surface area contributed by atoms with Crippen LogP contribution < -0.4 is 9.47 Å². The molecule has 1 saturated heterocycles. The maximum absolute atomic E-state index is 13.2. The van der Waals surface area contributed by atoms with Crippen molar-refractivity contribution in [3.63, 3.8) is 0 Å². The van der Waals surface area contributed by atoms with Crippen molar-refractivity contribution in [1.82, 2.24) is 4.90 Å². The first kappa shape index (κ1) is 26.3. The number of benzene rings is 2. The summed E-state index contributed by atoms with van der Waals surface area (Å²) < 4.78 is 11.4. The first-order valence-electron chi connectivity index (χ1n) is 12.8. The van der Waals surface area contributed by atoms with E-state index >= 15 is 0 Å². The lowest BCUT2D eigenvalue weighted by Gasteiger charge is -2.25. The molecule has 1 amide bonds. The quantitative estimate of drug-likeness (QED) is 0.159. The third kappa shape index (κ3) is 6.44. The number of carbonyl (C=O) groups excluding carboxylic acids is 2. The average Bonchev–Trinajstić information content (AvgIpc) is 3.12. The minimum atomic E-state index is -0.669. The van der Waals surface area contributed by atoms with Gasteiger partial charge >= 0.3 is 0 Å². The van der Waals surface area contributed by atoms with Gasteiger partial charge in [0.25, 0.3) is 11.7 Å². The van der Waals surface area contributed by atoms with Crippen LogP contribution in [0.4, 0.5) is 0 Å². The van der Waals surface area contributed by atoms with E-state index in [1.54, 1.807) is 29.2 Å². The van der Waals surface area contributed by atoms with E-state index in [9.17, 15) is 14.7 Å². The smallest absolute Gasteiger partial charge is 0.295 e. The van der Waals surface area contributed by atoms with Gasteiger partial charge in [0.15, 0.2) is 0 Å². The van der Waals surface area contributed by atoms with E-state index < -0.39 is 17.7 Å². The van der Waals surface area contributed by atoms with Crippen LogP contribution >= 0.6 is 0 Å². The number of unbranched alkanes of at least 4 members (excludes halogenated alkanes) is 4. The number of carbonyl (C=O) groups is 2. The molecule has 188 valence electrons. The Morgan fingerprint density at radius 1 is 0.886 bits per heavy atom. The fourth-order valence-corrected chi connectivity index (χ4v) is 4.34. The van der Waals surface area contributed by atoms with E-state index in [4.69, 9.17) is 9.47 Å². The van der Waals surface area contributed by atoms with Crippen LogP contribution in [0.25, 0.3) is 5.76 Å². The van der Waals surface area contributed by atoms with Crippen LogP contribution in [0.3, 0.4) is 0 Å². The summed E-state index contributed by atoms with van der Waals surface area (Å²) >= 11 is 0. The molecule has 0 spiro atoms. The third-order valence-corrected chi connectivity index (χ3v) is 6.17. The zero-order valence-electron chi connectivity index (χ0n) is 21.1. The zero-order valence-corrected chi connectivity index (χ0v) is 21.1. The number of nitrogens with zero attached hydrogens (tertiary/aromatic N) is 1. The van der Waals surface area contributed by atoms with Gasteiger partial charge in [-0.2, -0.15) is 0 Å². The molecule has 2 aromatic rings. The number of ether oxygens (including phenoxy) is 2. The first-order chi connectivity index (χ1) is 17.0. The van der Waals surface area contributed by atoms with Crippen LogP contribution in [0.15, 0.2) is 54.1 Å². The molecule has 0 aliphatic carbocycles.